The van der Waals surface area contributed by atoms with E-state index in [4.69, 9.17) is 4.74 Å². The van der Waals surface area contributed by atoms with E-state index in [-0.39, 0.29) is 12.1 Å². The number of amides is 1. The Bertz CT molecular complexity index is 803. The lowest BCUT2D eigenvalue weighted by molar-refractivity contribution is -0.137. The van der Waals surface area contributed by atoms with Crippen LogP contribution in [0.3, 0.4) is 0 Å². The average molecular weight is 380 g/mol. The summed E-state index contributed by atoms with van der Waals surface area (Å²) in [5, 5.41) is 2.58. The summed E-state index contributed by atoms with van der Waals surface area (Å²) in [5.74, 6) is -1.54. The molecule has 8 heteroatoms. The number of benzene rings is 2. The molecule has 0 aromatic heterocycles. The van der Waals surface area contributed by atoms with Gasteiger partial charge in [0.2, 0.25) is 0 Å². The molecule has 0 saturated heterocycles. The molecule has 1 amide bonds. The molecule has 144 valence electrons. The Kier molecular flexibility index (Phi) is 6.44. The molecule has 2 aromatic carbocycles. The number of halogens is 3. The Morgan fingerprint density at radius 1 is 1.07 bits per heavy atom. The van der Waals surface area contributed by atoms with Crippen molar-refractivity contribution in [3.63, 3.8) is 0 Å². The average Bonchev–Trinajstić information content (AvgIpc) is 2.64. The molecular formula is C19H19F3N2O3. The van der Waals surface area contributed by atoms with Crippen LogP contribution in [0.25, 0.3) is 0 Å². The van der Waals surface area contributed by atoms with Crippen molar-refractivity contribution in [2.75, 3.05) is 25.6 Å². The second kappa shape index (κ2) is 8.57. The number of carbonyl (C=O) groups excluding carboxylic acids is 2. The maximum atomic E-state index is 12.7. The first-order valence-corrected chi connectivity index (χ1v) is 8.04. The molecule has 0 bridgehead atoms. The smallest absolute Gasteiger partial charge is 0.416 e. The van der Waals surface area contributed by atoms with Gasteiger partial charge in [0.05, 0.1) is 11.1 Å². The minimum absolute atomic E-state index is 0.244. The Morgan fingerprint density at radius 3 is 2.33 bits per heavy atom. The third kappa shape index (κ3) is 6.02. The fourth-order valence-corrected chi connectivity index (χ4v) is 2.20. The first-order chi connectivity index (χ1) is 12.7. The number of nitrogens with one attached hydrogen (secondary N) is 1. The predicted molar refractivity (Wildman–Crippen MR) is 94.3 cm³/mol. The molecule has 0 fully saturated rings. The van der Waals surface area contributed by atoms with Crippen molar-refractivity contribution in [2.45, 2.75) is 12.7 Å². The normalized spacial score (nSPS) is 11.0. The number of esters is 1. The topological polar surface area (TPSA) is 58.6 Å². The molecule has 1 N–H and O–H groups in total. The Balaban J connectivity index is 1.84. The summed E-state index contributed by atoms with van der Waals surface area (Å²) in [6.45, 7) is -0.335. The van der Waals surface area contributed by atoms with Gasteiger partial charge in [-0.2, -0.15) is 13.2 Å². The van der Waals surface area contributed by atoms with E-state index in [0.29, 0.717) is 6.07 Å². The maximum Gasteiger partial charge on any atom is 0.416 e. The van der Waals surface area contributed by atoms with Crippen LogP contribution < -0.4 is 10.2 Å². The standard InChI is InChI=1S/C19H19F3N2O3/c1-24(2)16-8-6-13(7-9-16)11-23-17(25)12-27-18(26)14-4-3-5-15(10-14)19(20,21)22/h3-10H,11-12H2,1-2H3,(H,23,25). The van der Waals surface area contributed by atoms with Gasteiger partial charge >= 0.3 is 12.1 Å². The van der Waals surface area contributed by atoms with Crippen LogP contribution >= 0.6 is 0 Å². The van der Waals surface area contributed by atoms with Crippen molar-refractivity contribution in [1.29, 1.82) is 0 Å². The lowest BCUT2D eigenvalue weighted by Gasteiger charge is -2.13. The third-order valence-corrected chi connectivity index (χ3v) is 3.70. The van der Waals surface area contributed by atoms with Gasteiger partial charge in [-0.1, -0.05) is 18.2 Å². The van der Waals surface area contributed by atoms with Gasteiger partial charge in [0.25, 0.3) is 5.91 Å². The van der Waals surface area contributed by atoms with Crippen molar-refractivity contribution >= 4 is 17.6 Å². The molecule has 0 atom stereocenters. The molecule has 0 saturated carbocycles. The van der Waals surface area contributed by atoms with Gasteiger partial charge in [0, 0.05) is 26.3 Å². The van der Waals surface area contributed by atoms with Crippen LogP contribution in [0.4, 0.5) is 18.9 Å². The number of rotatable bonds is 6. The SMILES string of the molecule is CN(C)c1ccc(CNC(=O)COC(=O)c2cccc(C(F)(F)F)c2)cc1. The summed E-state index contributed by atoms with van der Waals surface area (Å²) in [7, 11) is 3.82. The maximum absolute atomic E-state index is 12.7. The minimum atomic E-state index is -4.56. The highest BCUT2D eigenvalue weighted by atomic mass is 19.4. The van der Waals surface area contributed by atoms with Gasteiger partial charge in [-0.25, -0.2) is 4.79 Å². The largest absolute Gasteiger partial charge is 0.452 e. The fraction of sp³-hybridized carbons (Fsp3) is 0.263. The fourth-order valence-electron chi connectivity index (χ4n) is 2.20. The zero-order chi connectivity index (χ0) is 20.0. The Morgan fingerprint density at radius 2 is 1.74 bits per heavy atom. The molecule has 0 aliphatic rings. The monoisotopic (exact) mass is 380 g/mol. The van der Waals surface area contributed by atoms with Gasteiger partial charge < -0.3 is 15.0 Å². The van der Waals surface area contributed by atoms with E-state index in [1.54, 1.807) is 0 Å². The Hall–Kier alpha value is -3.03. The van der Waals surface area contributed by atoms with Crippen molar-refractivity contribution < 1.29 is 27.5 Å². The van der Waals surface area contributed by atoms with Gasteiger partial charge in [0.1, 0.15) is 0 Å². The van der Waals surface area contributed by atoms with Crippen molar-refractivity contribution in [3.8, 4) is 0 Å². The summed E-state index contributed by atoms with van der Waals surface area (Å²) in [6.07, 6.45) is -4.56. The highest BCUT2D eigenvalue weighted by Crippen LogP contribution is 2.29. The van der Waals surface area contributed by atoms with Gasteiger partial charge in [-0.3, -0.25) is 4.79 Å². The molecule has 0 aliphatic heterocycles. The molecule has 0 heterocycles. The lowest BCUT2D eigenvalue weighted by atomic mass is 10.1. The highest BCUT2D eigenvalue weighted by Gasteiger charge is 2.31. The number of anilines is 1. The third-order valence-electron chi connectivity index (χ3n) is 3.70. The summed E-state index contributed by atoms with van der Waals surface area (Å²) in [6, 6.07) is 11.3. The quantitative estimate of drug-likeness (QED) is 0.782. The molecule has 0 aliphatic carbocycles. The zero-order valence-electron chi connectivity index (χ0n) is 14.8. The predicted octanol–water partition coefficient (Wildman–Crippen LogP) is 3.24. The molecule has 5 nitrogen and oxygen atoms in total. The molecule has 2 aromatic rings. The van der Waals surface area contributed by atoms with Crippen LogP contribution in [0, 0.1) is 0 Å². The number of hydrogen-bond donors (Lipinski definition) is 1. The van der Waals surface area contributed by atoms with E-state index in [1.165, 1.54) is 6.07 Å². The summed E-state index contributed by atoms with van der Waals surface area (Å²) in [5.41, 5.74) is 0.651. The molecule has 0 radical (unpaired) electrons. The number of carbonyl (C=O) groups is 2. The summed E-state index contributed by atoms with van der Waals surface area (Å²) in [4.78, 5) is 25.5. The van der Waals surface area contributed by atoms with E-state index in [0.717, 1.165) is 23.4 Å². The number of nitrogens with zero attached hydrogens (tertiary/aromatic N) is 1. The zero-order valence-corrected chi connectivity index (χ0v) is 14.8. The van der Waals surface area contributed by atoms with Crippen molar-refractivity contribution in [2.24, 2.45) is 0 Å². The van der Waals surface area contributed by atoms with Crippen molar-refractivity contribution in [1.82, 2.24) is 5.32 Å². The number of alkyl halides is 3. The first kappa shape index (κ1) is 20.3. The molecule has 0 spiro atoms. The molecule has 27 heavy (non-hydrogen) atoms. The van der Waals surface area contributed by atoms with Crippen molar-refractivity contribution in [3.05, 3.63) is 65.2 Å². The van der Waals surface area contributed by atoms with Crippen LogP contribution in [0.2, 0.25) is 0 Å². The van der Waals surface area contributed by atoms with E-state index in [1.807, 2.05) is 43.3 Å². The van der Waals surface area contributed by atoms with Crippen LogP contribution in [0.15, 0.2) is 48.5 Å². The van der Waals surface area contributed by atoms with E-state index >= 15 is 0 Å². The molecule has 2 rings (SSSR count). The minimum Gasteiger partial charge on any atom is -0.452 e. The number of hydrogen-bond acceptors (Lipinski definition) is 4. The van der Waals surface area contributed by atoms with Gasteiger partial charge in [0.15, 0.2) is 6.61 Å². The summed E-state index contributed by atoms with van der Waals surface area (Å²) >= 11 is 0. The number of ether oxygens (including phenoxy) is 1. The van der Waals surface area contributed by atoms with E-state index in [9.17, 15) is 22.8 Å². The van der Waals surface area contributed by atoms with Gasteiger partial charge in [-0.15, -0.1) is 0 Å². The lowest BCUT2D eigenvalue weighted by Crippen LogP contribution is -2.28. The van der Waals surface area contributed by atoms with Crippen LogP contribution in [-0.2, 0) is 22.3 Å². The van der Waals surface area contributed by atoms with Crippen LogP contribution in [0.1, 0.15) is 21.5 Å². The van der Waals surface area contributed by atoms with E-state index in [2.05, 4.69) is 5.32 Å². The van der Waals surface area contributed by atoms with Crippen LogP contribution in [0.5, 0.6) is 0 Å². The highest BCUT2D eigenvalue weighted by molar-refractivity contribution is 5.91. The first-order valence-electron chi connectivity index (χ1n) is 8.04. The van der Waals surface area contributed by atoms with Gasteiger partial charge in [-0.05, 0) is 35.9 Å². The summed E-state index contributed by atoms with van der Waals surface area (Å²) < 4.78 is 42.7. The molecule has 0 unspecified atom stereocenters. The second-order valence-corrected chi connectivity index (χ2v) is 5.99. The van der Waals surface area contributed by atoms with E-state index < -0.39 is 30.2 Å². The van der Waals surface area contributed by atoms with Crippen LogP contribution in [-0.4, -0.2) is 32.6 Å². The second-order valence-electron chi connectivity index (χ2n) is 5.99. The molecular weight excluding hydrogens is 361 g/mol. The Labute approximate surface area is 154 Å².